The highest BCUT2D eigenvalue weighted by atomic mass is 19.4. The molecule has 184 valence electrons. The molecule has 0 spiro atoms. The monoisotopic (exact) mass is 486 g/mol. The van der Waals surface area contributed by atoms with Crippen molar-refractivity contribution in [2.75, 3.05) is 31.1 Å². The van der Waals surface area contributed by atoms with Gasteiger partial charge in [0, 0.05) is 25.3 Å². The summed E-state index contributed by atoms with van der Waals surface area (Å²) in [7, 11) is 0. The normalized spacial score (nSPS) is 20.3. The van der Waals surface area contributed by atoms with E-state index in [2.05, 4.69) is 9.80 Å². The maximum Gasteiger partial charge on any atom is 0.416 e. The molecule has 35 heavy (non-hydrogen) atoms. The summed E-state index contributed by atoms with van der Waals surface area (Å²) in [5.74, 6) is 0.443. The highest BCUT2D eigenvalue weighted by molar-refractivity contribution is 5.70. The lowest BCUT2D eigenvalue weighted by Crippen LogP contribution is -2.49. The number of rotatable bonds is 4. The Balaban J connectivity index is 1.27. The van der Waals surface area contributed by atoms with E-state index < -0.39 is 17.3 Å². The number of fused-ring (bicyclic) bond motifs is 1. The van der Waals surface area contributed by atoms with Crippen LogP contribution in [0.15, 0.2) is 72.8 Å². The van der Waals surface area contributed by atoms with E-state index in [-0.39, 0.29) is 11.9 Å². The molecular weight excluding hydrogens is 460 g/mol. The summed E-state index contributed by atoms with van der Waals surface area (Å²) < 4.78 is 59.1. The number of anilines is 2. The van der Waals surface area contributed by atoms with Crippen molar-refractivity contribution in [2.45, 2.75) is 30.7 Å². The van der Waals surface area contributed by atoms with Gasteiger partial charge in [0.15, 0.2) is 0 Å². The lowest BCUT2D eigenvalue weighted by Gasteiger charge is -2.42. The first-order chi connectivity index (χ1) is 16.7. The number of piperidine rings is 1. The van der Waals surface area contributed by atoms with Crippen molar-refractivity contribution in [1.29, 1.82) is 0 Å². The van der Waals surface area contributed by atoms with Crippen LogP contribution in [0.1, 0.15) is 24.0 Å². The van der Waals surface area contributed by atoms with Crippen molar-refractivity contribution in [2.24, 2.45) is 0 Å². The van der Waals surface area contributed by atoms with Crippen molar-refractivity contribution < 1.29 is 27.4 Å². The maximum absolute atomic E-state index is 13.5. The molecule has 1 atom stereocenters. The molecule has 3 aromatic carbocycles. The summed E-state index contributed by atoms with van der Waals surface area (Å²) in [5.41, 5.74) is 0.0359. The highest BCUT2D eigenvalue weighted by Crippen LogP contribution is 2.39. The van der Waals surface area contributed by atoms with Gasteiger partial charge in [-0.2, -0.15) is 13.2 Å². The van der Waals surface area contributed by atoms with E-state index in [1.807, 2.05) is 24.3 Å². The second-order valence-corrected chi connectivity index (χ2v) is 9.21. The lowest BCUT2D eigenvalue weighted by atomic mass is 9.83. The van der Waals surface area contributed by atoms with E-state index in [1.54, 1.807) is 18.2 Å². The Morgan fingerprint density at radius 2 is 1.66 bits per heavy atom. The van der Waals surface area contributed by atoms with Crippen molar-refractivity contribution in [3.05, 3.63) is 89.7 Å². The number of hydrogen-bond donors (Lipinski definition) is 1. The molecule has 0 saturated carbocycles. The Morgan fingerprint density at radius 3 is 2.37 bits per heavy atom. The van der Waals surface area contributed by atoms with Crippen LogP contribution >= 0.6 is 0 Å². The minimum atomic E-state index is -4.45. The Morgan fingerprint density at radius 1 is 0.943 bits per heavy atom. The van der Waals surface area contributed by atoms with E-state index in [0.717, 1.165) is 29.3 Å². The molecule has 1 fully saturated rings. The molecule has 5 rings (SSSR count). The van der Waals surface area contributed by atoms with Gasteiger partial charge in [-0.05, 0) is 66.9 Å². The number of likely N-dealkylation sites (tertiary alicyclic amines) is 1. The van der Waals surface area contributed by atoms with Gasteiger partial charge in [-0.15, -0.1) is 0 Å². The zero-order chi connectivity index (χ0) is 24.6. The molecule has 0 aromatic heterocycles. The number of aliphatic hydroxyl groups is 1. The Hall–Kier alpha value is -3.10. The SMILES string of the molecule is OC1(c2cccc(C(F)(F)F)c2)CCN(CC2CN(c3ccc(F)cc3)c3ccccc3O2)CC1. The van der Waals surface area contributed by atoms with Crippen LogP contribution in [-0.2, 0) is 11.8 Å². The second-order valence-electron chi connectivity index (χ2n) is 9.21. The Kier molecular flexibility index (Phi) is 6.19. The average molecular weight is 487 g/mol. The summed E-state index contributed by atoms with van der Waals surface area (Å²) in [6.45, 7) is 2.23. The zero-order valence-corrected chi connectivity index (χ0v) is 19.0. The van der Waals surface area contributed by atoms with Crippen LogP contribution in [0.5, 0.6) is 5.75 Å². The summed E-state index contributed by atoms with van der Waals surface area (Å²) >= 11 is 0. The Bertz CT molecular complexity index is 1170. The molecule has 4 nitrogen and oxygen atoms in total. The summed E-state index contributed by atoms with van der Waals surface area (Å²) in [6, 6.07) is 19.0. The van der Waals surface area contributed by atoms with Gasteiger partial charge in [-0.1, -0.05) is 24.3 Å². The molecule has 1 unspecified atom stereocenters. The number of halogens is 4. The molecule has 0 aliphatic carbocycles. The van der Waals surface area contributed by atoms with E-state index in [9.17, 15) is 22.7 Å². The first-order valence-corrected chi connectivity index (χ1v) is 11.6. The first-order valence-electron chi connectivity index (χ1n) is 11.6. The quantitative estimate of drug-likeness (QED) is 0.478. The van der Waals surface area contributed by atoms with Crippen molar-refractivity contribution >= 4 is 11.4 Å². The zero-order valence-electron chi connectivity index (χ0n) is 19.0. The van der Waals surface area contributed by atoms with Gasteiger partial charge in [-0.25, -0.2) is 4.39 Å². The van der Waals surface area contributed by atoms with Gasteiger partial charge in [-0.3, -0.25) is 4.90 Å². The average Bonchev–Trinajstić information content (AvgIpc) is 2.85. The van der Waals surface area contributed by atoms with Crippen LogP contribution in [0.25, 0.3) is 0 Å². The largest absolute Gasteiger partial charge is 0.485 e. The number of benzene rings is 3. The smallest absolute Gasteiger partial charge is 0.416 e. The molecule has 1 saturated heterocycles. The third-order valence-corrected chi connectivity index (χ3v) is 6.85. The van der Waals surface area contributed by atoms with E-state index >= 15 is 0 Å². The van der Waals surface area contributed by atoms with Crippen molar-refractivity contribution in [1.82, 2.24) is 4.90 Å². The number of para-hydroxylation sites is 2. The number of hydrogen-bond acceptors (Lipinski definition) is 4. The van der Waals surface area contributed by atoms with E-state index in [0.29, 0.717) is 44.6 Å². The first kappa shape index (κ1) is 23.6. The summed E-state index contributed by atoms with van der Waals surface area (Å²) in [4.78, 5) is 4.27. The highest BCUT2D eigenvalue weighted by Gasteiger charge is 2.38. The molecule has 0 radical (unpaired) electrons. The van der Waals surface area contributed by atoms with Crippen LogP contribution < -0.4 is 9.64 Å². The van der Waals surface area contributed by atoms with E-state index in [1.165, 1.54) is 18.2 Å². The topological polar surface area (TPSA) is 35.9 Å². The molecule has 1 N–H and O–H groups in total. The Labute approximate surface area is 201 Å². The molecule has 0 amide bonds. The third kappa shape index (κ3) is 4.99. The van der Waals surface area contributed by atoms with Gasteiger partial charge < -0.3 is 14.7 Å². The molecule has 2 heterocycles. The van der Waals surface area contributed by atoms with Gasteiger partial charge in [0.2, 0.25) is 0 Å². The summed E-state index contributed by atoms with van der Waals surface area (Å²) in [5, 5.41) is 11.1. The van der Waals surface area contributed by atoms with Gasteiger partial charge in [0.25, 0.3) is 0 Å². The molecule has 2 aliphatic heterocycles. The van der Waals surface area contributed by atoms with Gasteiger partial charge in [0.1, 0.15) is 17.7 Å². The molecule has 2 aliphatic rings. The second kappa shape index (κ2) is 9.17. The van der Waals surface area contributed by atoms with Crippen LogP contribution in [0, 0.1) is 5.82 Å². The minimum absolute atomic E-state index is 0.172. The fourth-order valence-corrected chi connectivity index (χ4v) is 4.93. The predicted octanol–water partition coefficient (Wildman–Crippen LogP) is 5.73. The fraction of sp³-hybridized carbons (Fsp3) is 0.333. The van der Waals surface area contributed by atoms with Crippen molar-refractivity contribution in [3.8, 4) is 5.75 Å². The third-order valence-electron chi connectivity index (χ3n) is 6.85. The molecule has 0 bridgehead atoms. The molecule has 8 heteroatoms. The van der Waals surface area contributed by atoms with Crippen LogP contribution in [-0.4, -0.2) is 42.3 Å². The summed E-state index contributed by atoms with van der Waals surface area (Å²) in [6.07, 6.45) is -3.95. The standard InChI is InChI=1S/C27H26F4N2O2/c28-21-8-10-22(11-9-21)33-18-23(35-25-7-2-1-6-24(25)33)17-32-14-12-26(34,13-15-32)19-4-3-5-20(16-19)27(29,30)31/h1-11,16,23,34H,12-15,17-18H2. The van der Waals surface area contributed by atoms with Crippen molar-refractivity contribution in [3.63, 3.8) is 0 Å². The molecule has 3 aromatic rings. The maximum atomic E-state index is 13.5. The lowest BCUT2D eigenvalue weighted by molar-refractivity contribution is -0.137. The number of nitrogens with zero attached hydrogens (tertiary/aromatic N) is 2. The fourth-order valence-electron chi connectivity index (χ4n) is 4.93. The number of ether oxygens (including phenoxy) is 1. The van der Waals surface area contributed by atoms with Crippen LogP contribution in [0.4, 0.5) is 28.9 Å². The predicted molar refractivity (Wildman–Crippen MR) is 125 cm³/mol. The van der Waals surface area contributed by atoms with Crippen LogP contribution in [0.2, 0.25) is 0 Å². The van der Waals surface area contributed by atoms with E-state index in [4.69, 9.17) is 4.74 Å². The minimum Gasteiger partial charge on any atom is -0.485 e. The van der Waals surface area contributed by atoms with Gasteiger partial charge in [0.05, 0.1) is 23.4 Å². The van der Waals surface area contributed by atoms with Gasteiger partial charge >= 0.3 is 6.18 Å². The number of alkyl halides is 3. The van der Waals surface area contributed by atoms with Crippen LogP contribution in [0.3, 0.4) is 0 Å². The molecular formula is C27H26F4N2O2.